The molecule has 1 saturated heterocycles. The fourth-order valence-electron chi connectivity index (χ4n) is 5.52. The Labute approximate surface area is 213 Å². The number of nitrogens with one attached hydrogen (secondary N) is 1. The van der Waals surface area contributed by atoms with Gasteiger partial charge in [0, 0.05) is 29.0 Å². The zero-order valence-corrected chi connectivity index (χ0v) is 21.9. The molecule has 0 amide bonds. The van der Waals surface area contributed by atoms with Gasteiger partial charge in [0.2, 0.25) is 0 Å². The molecule has 1 aliphatic rings. The summed E-state index contributed by atoms with van der Waals surface area (Å²) in [4.78, 5) is 7.01. The van der Waals surface area contributed by atoms with E-state index in [1.165, 1.54) is 39.3 Å². The molecule has 35 heavy (non-hydrogen) atoms. The number of aryl methyl sites for hydroxylation is 4. The average Bonchev–Trinajstić information content (AvgIpc) is 3.34. The van der Waals surface area contributed by atoms with Crippen LogP contribution in [0.5, 0.6) is 0 Å². The lowest BCUT2D eigenvalue weighted by molar-refractivity contribution is 0.565. The smallest absolute Gasteiger partial charge is 0.174 e. The van der Waals surface area contributed by atoms with Gasteiger partial charge < -0.3 is 14.8 Å². The Kier molecular flexibility index (Phi) is 6.20. The van der Waals surface area contributed by atoms with Crippen LogP contribution in [0.4, 0.5) is 5.69 Å². The van der Waals surface area contributed by atoms with Gasteiger partial charge in [-0.15, -0.1) is 0 Å². The topological polar surface area (TPSA) is 33.1 Å². The van der Waals surface area contributed by atoms with Gasteiger partial charge in [-0.1, -0.05) is 37.3 Å². The van der Waals surface area contributed by atoms with Gasteiger partial charge in [0.05, 0.1) is 17.8 Å². The molecule has 4 aromatic rings. The SMILES string of the molecule is CCc1ccccc1-n1c(C)cc([C@@H]2[C@H](c3ccccn3)NC(=S)N2c2cc(C)cc(C)c2)c1C. The van der Waals surface area contributed by atoms with Crippen LogP contribution in [-0.2, 0) is 6.42 Å². The van der Waals surface area contributed by atoms with Crippen LogP contribution in [0.15, 0.2) is 72.9 Å². The van der Waals surface area contributed by atoms with Crippen LogP contribution >= 0.6 is 12.2 Å². The minimum Gasteiger partial charge on any atom is -0.351 e. The molecule has 0 radical (unpaired) electrons. The number of thiocarbonyl (C=S) groups is 1. The number of para-hydroxylation sites is 1. The number of aromatic nitrogens is 2. The van der Waals surface area contributed by atoms with Crippen LogP contribution in [0, 0.1) is 27.7 Å². The molecule has 0 unspecified atom stereocenters. The molecule has 5 heteroatoms. The molecule has 1 fully saturated rings. The predicted molar refractivity (Wildman–Crippen MR) is 148 cm³/mol. The maximum Gasteiger partial charge on any atom is 0.174 e. The van der Waals surface area contributed by atoms with Crippen molar-refractivity contribution in [1.29, 1.82) is 0 Å². The minimum absolute atomic E-state index is 0.0210. The van der Waals surface area contributed by atoms with Gasteiger partial charge in [0.15, 0.2) is 5.11 Å². The lowest BCUT2D eigenvalue weighted by Gasteiger charge is -2.29. The summed E-state index contributed by atoms with van der Waals surface area (Å²) in [6, 6.07) is 23.7. The molecular formula is C30H32N4S. The molecule has 0 bridgehead atoms. The van der Waals surface area contributed by atoms with Crippen LogP contribution < -0.4 is 10.2 Å². The zero-order chi connectivity index (χ0) is 24.7. The van der Waals surface area contributed by atoms with Crippen molar-refractivity contribution in [3.8, 4) is 5.69 Å². The fraction of sp³-hybridized carbons (Fsp3) is 0.267. The number of anilines is 1. The maximum absolute atomic E-state index is 5.96. The minimum atomic E-state index is -0.0557. The van der Waals surface area contributed by atoms with E-state index < -0.39 is 0 Å². The first-order valence-corrected chi connectivity index (χ1v) is 12.7. The molecular weight excluding hydrogens is 448 g/mol. The summed E-state index contributed by atoms with van der Waals surface area (Å²) in [5, 5.41) is 4.34. The highest BCUT2D eigenvalue weighted by molar-refractivity contribution is 7.80. The van der Waals surface area contributed by atoms with Crippen molar-refractivity contribution < 1.29 is 0 Å². The maximum atomic E-state index is 5.96. The van der Waals surface area contributed by atoms with E-state index in [1.807, 2.05) is 18.3 Å². The lowest BCUT2D eigenvalue weighted by Crippen LogP contribution is -2.29. The van der Waals surface area contributed by atoms with Crippen LogP contribution in [0.3, 0.4) is 0 Å². The third kappa shape index (κ3) is 4.14. The van der Waals surface area contributed by atoms with Crippen molar-refractivity contribution in [2.75, 3.05) is 4.90 Å². The number of hydrogen-bond donors (Lipinski definition) is 1. The summed E-state index contributed by atoms with van der Waals surface area (Å²) in [5.41, 5.74) is 10.9. The van der Waals surface area contributed by atoms with E-state index in [1.54, 1.807) is 0 Å². The Morgan fingerprint density at radius 1 is 0.914 bits per heavy atom. The molecule has 1 N–H and O–H groups in total. The normalized spacial score (nSPS) is 17.6. The largest absolute Gasteiger partial charge is 0.351 e. The van der Waals surface area contributed by atoms with Crippen LogP contribution in [0.2, 0.25) is 0 Å². The van der Waals surface area contributed by atoms with Gasteiger partial charge in [0.25, 0.3) is 0 Å². The van der Waals surface area contributed by atoms with E-state index in [0.29, 0.717) is 0 Å². The Morgan fingerprint density at radius 2 is 1.63 bits per heavy atom. The lowest BCUT2D eigenvalue weighted by atomic mass is 9.96. The molecule has 0 spiro atoms. The molecule has 0 aliphatic carbocycles. The highest BCUT2D eigenvalue weighted by Gasteiger charge is 2.42. The van der Waals surface area contributed by atoms with Crippen molar-refractivity contribution in [2.24, 2.45) is 0 Å². The summed E-state index contributed by atoms with van der Waals surface area (Å²) in [7, 11) is 0. The molecule has 3 heterocycles. The first-order valence-electron chi connectivity index (χ1n) is 12.2. The van der Waals surface area contributed by atoms with Crippen LogP contribution in [0.25, 0.3) is 5.69 Å². The van der Waals surface area contributed by atoms with E-state index >= 15 is 0 Å². The number of rotatable bonds is 5. The Balaban J connectivity index is 1.71. The summed E-state index contributed by atoms with van der Waals surface area (Å²) < 4.78 is 2.39. The van der Waals surface area contributed by atoms with Crippen molar-refractivity contribution in [3.63, 3.8) is 0 Å². The second kappa shape index (κ2) is 9.31. The Morgan fingerprint density at radius 3 is 2.31 bits per heavy atom. The van der Waals surface area contributed by atoms with E-state index in [0.717, 1.165) is 22.9 Å². The van der Waals surface area contributed by atoms with Gasteiger partial charge in [-0.2, -0.15) is 0 Å². The van der Waals surface area contributed by atoms with E-state index in [-0.39, 0.29) is 12.1 Å². The summed E-state index contributed by atoms with van der Waals surface area (Å²) >= 11 is 5.96. The molecule has 2 aromatic heterocycles. The van der Waals surface area contributed by atoms with Crippen molar-refractivity contribution in [1.82, 2.24) is 14.9 Å². The predicted octanol–water partition coefficient (Wildman–Crippen LogP) is 6.85. The monoisotopic (exact) mass is 480 g/mol. The number of hydrogen-bond acceptors (Lipinski definition) is 2. The Bertz CT molecular complexity index is 1370. The molecule has 5 rings (SSSR count). The standard InChI is InChI=1S/C30H32N4S/c1-6-23-11-7-8-13-27(23)33-21(4)18-25(22(33)5)29-28(26-12-9-10-14-31-26)32-30(35)34(29)24-16-19(2)15-20(3)17-24/h7-18,28-29H,6H2,1-5H3,(H,32,35)/t28-,29+/m0/s1. The Hall–Kier alpha value is -3.44. The average molecular weight is 481 g/mol. The summed E-state index contributed by atoms with van der Waals surface area (Å²) in [5.74, 6) is 0. The van der Waals surface area contributed by atoms with Gasteiger partial charge in [-0.25, -0.2) is 0 Å². The van der Waals surface area contributed by atoms with E-state index in [9.17, 15) is 0 Å². The number of pyridine rings is 1. The van der Waals surface area contributed by atoms with Crippen molar-refractivity contribution >= 4 is 23.0 Å². The molecule has 178 valence electrons. The molecule has 2 aromatic carbocycles. The summed E-state index contributed by atoms with van der Waals surface area (Å²) in [6.45, 7) is 10.9. The highest BCUT2D eigenvalue weighted by Crippen LogP contribution is 2.44. The number of nitrogens with zero attached hydrogens (tertiary/aromatic N) is 3. The second-order valence-electron chi connectivity index (χ2n) is 9.49. The summed E-state index contributed by atoms with van der Waals surface area (Å²) in [6.07, 6.45) is 2.85. The third-order valence-corrected chi connectivity index (χ3v) is 7.30. The van der Waals surface area contributed by atoms with E-state index in [2.05, 4.69) is 104 Å². The zero-order valence-electron chi connectivity index (χ0n) is 21.0. The van der Waals surface area contributed by atoms with E-state index in [4.69, 9.17) is 17.2 Å². The first kappa shape index (κ1) is 23.3. The van der Waals surface area contributed by atoms with Crippen molar-refractivity contribution in [2.45, 2.75) is 53.1 Å². The second-order valence-corrected chi connectivity index (χ2v) is 9.87. The van der Waals surface area contributed by atoms with Gasteiger partial charge >= 0.3 is 0 Å². The molecule has 2 atom stereocenters. The molecule has 4 nitrogen and oxygen atoms in total. The van der Waals surface area contributed by atoms with Gasteiger partial charge in [0.1, 0.15) is 0 Å². The first-order chi connectivity index (χ1) is 16.9. The fourth-order valence-corrected chi connectivity index (χ4v) is 5.87. The quantitative estimate of drug-likeness (QED) is 0.317. The third-order valence-electron chi connectivity index (χ3n) is 6.99. The highest BCUT2D eigenvalue weighted by atomic mass is 32.1. The molecule has 1 aliphatic heterocycles. The van der Waals surface area contributed by atoms with Crippen LogP contribution in [0.1, 0.15) is 58.3 Å². The van der Waals surface area contributed by atoms with Gasteiger partial charge in [-0.05, 0) is 105 Å². The molecule has 0 saturated carbocycles. The van der Waals surface area contributed by atoms with Crippen molar-refractivity contribution in [3.05, 3.63) is 112 Å². The van der Waals surface area contributed by atoms with Crippen LogP contribution in [-0.4, -0.2) is 14.7 Å². The van der Waals surface area contributed by atoms with Gasteiger partial charge in [-0.3, -0.25) is 4.98 Å². The number of benzene rings is 2.